The molecule has 5 heteroatoms. The molecule has 1 aliphatic carbocycles. The summed E-state index contributed by atoms with van der Waals surface area (Å²) >= 11 is 5.82. The van der Waals surface area contributed by atoms with E-state index in [1.807, 2.05) is 12.1 Å². The molecule has 4 nitrogen and oxygen atoms in total. The number of aliphatic hydroxyl groups excluding tert-OH is 1. The molecule has 24 heavy (non-hydrogen) atoms. The predicted molar refractivity (Wildman–Crippen MR) is 97.7 cm³/mol. The first-order valence-electron chi connectivity index (χ1n) is 8.94. The molecule has 1 aromatic carbocycles. The Morgan fingerprint density at radius 1 is 1.21 bits per heavy atom. The van der Waals surface area contributed by atoms with Gasteiger partial charge in [-0.2, -0.15) is 0 Å². The van der Waals surface area contributed by atoms with Gasteiger partial charge in [-0.3, -0.25) is 0 Å². The molecule has 0 heterocycles. The fraction of sp³-hybridized carbons (Fsp3) is 0.684. The van der Waals surface area contributed by atoms with Crippen LogP contribution in [0.15, 0.2) is 24.3 Å². The number of benzene rings is 1. The third-order valence-corrected chi connectivity index (χ3v) is 5.19. The van der Waals surface area contributed by atoms with E-state index in [2.05, 4.69) is 19.2 Å². The Morgan fingerprint density at radius 2 is 1.96 bits per heavy atom. The smallest absolute Gasteiger partial charge is 0.119 e. The average molecular weight is 356 g/mol. The Hall–Kier alpha value is -0.810. The van der Waals surface area contributed by atoms with Crippen molar-refractivity contribution in [3.8, 4) is 5.75 Å². The lowest BCUT2D eigenvalue weighted by molar-refractivity contribution is 0.0217. The van der Waals surface area contributed by atoms with Crippen LogP contribution in [-0.2, 0) is 4.74 Å². The fourth-order valence-electron chi connectivity index (χ4n) is 3.19. The monoisotopic (exact) mass is 355 g/mol. The molecule has 0 aromatic heterocycles. The van der Waals surface area contributed by atoms with Crippen molar-refractivity contribution in [1.82, 2.24) is 5.32 Å². The molecular formula is C19H30ClNO3. The highest BCUT2D eigenvalue weighted by molar-refractivity contribution is 6.30. The normalized spacial score (nSPS) is 25.4. The molecule has 136 valence electrons. The second kappa shape index (κ2) is 10.2. The minimum atomic E-state index is -0.482. The van der Waals surface area contributed by atoms with Crippen molar-refractivity contribution in [3.63, 3.8) is 0 Å². The summed E-state index contributed by atoms with van der Waals surface area (Å²) in [5.74, 6) is 2.19. The topological polar surface area (TPSA) is 50.7 Å². The number of rotatable bonds is 9. The predicted octanol–water partition coefficient (Wildman–Crippen LogP) is 3.51. The van der Waals surface area contributed by atoms with Gasteiger partial charge in [0.1, 0.15) is 12.4 Å². The average Bonchev–Trinajstić information content (AvgIpc) is 2.57. The van der Waals surface area contributed by atoms with E-state index < -0.39 is 6.10 Å². The van der Waals surface area contributed by atoms with Crippen molar-refractivity contribution in [2.75, 3.05) is 26.4 Å². The van der Waals surface area contributed by atoms with E-state index in [-0.39, 0.29) is 0 Å². The maximum Gasteiger partial charge on any atom is 0.119 e. The standard InChI is InChI=1S/C19H30ClNO3/c1-14-4-3-5-19(15(14)2)21-12-17(22)13-23-10-11-24-18-8-6-16(20)7-9-18/h6-9,14-15,17,19,21-22H,3-5,10-13H2,1-2H3/t14-,15+,17+,19+/m1/s1. The van der Waals surface area contributed by atoms with Crippen LogP contribution in [0.25, 0.3) is 0 Å². The molecular weight excluding hydrogens is 326 g/mol. The van der Waals surface area contributed by atoms with Gasteiger partial charge in [0.05, 0.1) is 19.3 Å². The quantitative estimate of drug-likeness (QED) is 0.665. The molecule has 0 radical (unpaired) electrons. The highest BCUT2D eigenvalue weighted by Gasteiger charge is 2.26. The van der Waals surface area contributed by atoms with Gasteiger partial charge >= 0.3 is 0 Å². The maximum absolute atomic E-state index is 10.0. The molecule has 0 spiro atoms. The van der Waals surface area contributed by atoms with Gasteiger partial charge in [-0.25, -0.2) is 0 Å². The molecule has 1 aliphatic rings. The summed E-state index contributed by atoms with van der Waals surface area (Å²) < 4.78 is 11.0. The van der Waals surface area contributed by atoms with Crippen LogP contribution in [0.4, 0.5) is 0 Å². The molecule has 0 bridgehead atoms. The minimum Gasteiger partial charge on any atom is -0.491 e. The van der Waals surface area contributed by atoms with Crippen LogP contribution < -0.4 is 10.1 Å². The Bertz CT molecular complexity index is 468. The van der Waals surface area contributed by atoms with Crippen molar-refractivity contribution < 1.29 is 14.6 Å². The summed E-state index contributed by atoms with van der Waals surface area (Å²) in [6, 6.07) is 7.75. The number of aliphatic hydroxyl groups is 1. The van der Waals surface area contributed by atoms with Gasteiger partial charge in [-0.15, -0.1) is 0 Å². The molecule has 1 aromatic rings. The van der Waals surface area contributed by atoms with Crippen molar-refractivity contribution in [2.24, 2.45) is 11.8 Å². The number of hydrogen-bond donors (Lipinski definition) is 2. The van der Waals surface area contributed by atoms with E-state index in [1.54, 1.807) is 12.1 Å². The summed E-state index contributed by atoms with van der Waals surface area (Å²) in [4.78, 5) is 0. The van der Waals surface area contributed by atoms with Crippen molar-refractivity contribution in [2.45, 2.75) is 45.3 Å². The van der Waals surface area contributed by atoms with E-state index in [4.69, 9.17) is 21.1 Å². The summed E-state index contributed by atoms with van der Waals surface area (Å²) in [7, 11) is 0. The number of nitrogens with one attached hydrogen (secondary N) is 1. The van der Waals surface area contributed by atoms with Gasteiger partial charge in [-0.05, 0) is 42.5 Å². The van der Waals surface area contributed by atoms with Crippen molar-refractivity contribution in [3.05, 3.63) is 29.3 Å². The second-order valence-electron chi connectivity index (χ2n) is 6.81. The van der Waals surface area contributed by atoms with E-state index >= 15 is 0 Å². The second-order valence-corrected chi connectivity index (χ2v) is 7.25. The van der Waals surface area contributed by atoms with Gasteiger partial charge in [0, 0.05) is 17.6 Å². The first kappa shape index (κ1) is 19.5. The third-order valence-electron chi connectivity index (χ3n) is 4.94. The molecule has 0 amide bonds. The van der Waals surface area contributed by atoms with Crippen molar-refractivity contribution >= 4 is 11.6 Å². The molecule has 0 unspecified atom stereocenters. The first-order valence-corrected chi connectivity index (χ1v) is 9.31. The Labute approximate surface area is 150 Å². The van der Waals surface area contributed by atoms with Crippen molar-refractivity contribution in [1.29, 1.82) is 0 Å². The largest absolute Gasteiger partial charge is 0.491 e. The first-order chi connectivity index (χ1) is 11.6. The van der Waals surface area contributed by atoms with Crippen LogP contribution in [0, 0.1) is 11.8 Å². The van der Waals surface area contributed by atoms with Crippen LogP contribution in [0.3, 0.4) is 0 Å². The zero-order chi connectivity index (χ0) is 17.4. The molecule has 1 fully saturated rings. The lowest BCUT2D eigenvalue weighted by Crippen LogP contribution is -2.44. The zero-order valence-electron chi connectivity index (χ0n) is 14.7. The Morgan fingerprint density at radius 3 is 2.71 bits per heavy atom. The molecule has 2 rings (SSSR count). The molecule has 2 N–H and O–H groups in total. The molecule has 0 aliphatic heterocycles. The summed E-state index contributed by atoms with van der Waals surface area (Å²) in [6.07, 6.45) is 3.31. The van der Waals surface area contributed by atoms with Gasteiger partial charge in [0.2, 0.25) is 0 Å². The van der Waals surface area contributed by atoms with E-state index in [0.29, 0.717) is 43.3 Å². The highest BCUT2D eigenvalue weighted by atomic mass is 35.5. The van der Waals surface area contributed by atoms with E-state index in [1.165, 1.54) is 19.3 Å². The van der Waals surface area contributed by atoms with Crippen LogP contribution >= 0.6 is 11.6 Å². The fourth-order valence-corrected chi connectivity index (χ4v) is 3.31. The van der Waals surface area contributed by atoms with E-state index in [9.17, 15) is 5.11 Å². The van der Waals surface area contributed by atoms with Crippen LogP contribution in [0.2, 0.25) is 5.02 Å². The van der Waals surface area contributed by atoms with Gasteiger partial charge < -0.3 is 19.9 Å². The Kier molecular flexibility index (Phi) is 8.33. The summed E-state index contributed by atoms with van der Waals surface area (Å²) in [5, 5.41) is 14.2. The highest BCUT2D eigenvalue weighted by Crippen LogP contribution is 2.29. The van der Waals surface area contributed by atoms with Gasteiger partial charge in [-0.1, -0.05) is 38.3 Å². The van der Waals surface area contributed by atoms with Crippen LogP contribution in [-0.4, -0.2) is 43.6 Å². The number of ether oxygens (including phenoxy) is 2. The lowest BCUT2D eigenvalue weighted by Gasteiger charge is -2.35. The maximum atomic E-state index is 10.0. The Balaban J connectivity index is 1.53. The van der Waals surface area contributed by atoms with Crippen LogP contribution in [0.1, 0.15) is 33.1 Å². The van der Waals surface area contributed by atoms with E-state index in [0.717, 1.165) is 11.7 Å². The zero-order valence-corrected chi connectivity index (χ0v) is 15.5. The molecule has 4 atom stereocenters. The van der Waals surface area contributed by atoms with Gasteiger partial charge in [0.25, 0.3) is 0 Å². The van der Waals surface area contributed by atoms with Gasteiger partial charge in [0.15, 0.2) is 0 Å². The summed E-state index contributed by atoms with van der Waals surface area (Å²) in [6.45, 7) is 6.44. The minimum absolute atomic E-state index is 0.327. The number of halogens is 1. The van der Waals surface area contributed by atoms with Crippen LogP contribution in [0.5, 0.6) is 5.75 Å². The SMILES string of the molecule is C[C@H]1[C@H](C)CCC[C@@H]1NC[C@H](O)COCCOc1ccc(Cl)cc1. The summed E-state index contributed by atoms with van der Waals surface area (Å²) in [5.41, 5.74) is 0. The number of hydrogen-bond acceptors (Lipinski definition) is 4. The molecule has 1 saturated carbocycles. The lowest BCUT2D eigenvalue weighted by atomic mass is 9.78. The third kappa shape index (κ3) is 6.60. The molecule has 0 saturated heterocycles.